The molecule has 0 saturated carbocycles. The van der Waals surface area contributed by atoms with E-state index in [2.05, 4.69) is 4.98 Å². The summed E-state index contributed by atoms with van der Waals surface area (Å²) in [4.78, 5) is 3.76. The van der Waals surface area contributed by atoms with Crippen LogP contribution in [0.4, 0.5) is 0 Å². The highest BCUT2D eigenvalue weighted by atomic mass is 35.5. The van der Waals surface area contributed by atoms with Gasteiger partial charge in [-0.05, 0) is 12.1 Å². The fourth-order valence-corrected chi connectivity index (χ4v) is 6.29. The van der Waals surface area contributed by atoms with Crippen molar-refractivity contribution < 1.29 is 21.6 Å². The van der Waals surface area contributed by atoms with E-state index < -0.39 is 32.0 Å². The van der Waals surface area contributed by atoms with Crippen LogP contribution < -0.4 is 0 Å². The van der Waals surface area contributed by atoms with Gasteiger partial charge in [-0.2, -0.15) is 4.31 Å². The number of hydrogen-bond acceptors (Lipinski definition) is 6. The second kappa shape index (κ2) is 5.17. The first-order valence-corrected chi connectivity index (χ1v) is 9.89. The minimum absolute atomic E-state index is 0.00292. The van der Waals surface area contributed by atoms with Crippen LogP contribution in [0.15, 0.2) is 23.2 Å². The largest absolute Gasteiger partial charge is 0.374 e. The van der Waals surface area contributed by atoms with Gasteiger partial charge in [-0.3, -0.25) is 0 Å². The van der Waals surface area contributed by atoms with Crippen molar-refractivity contribution in [3.63, 3.8) is 0 Å². The van der Waals surface area contributed by atoms with Crippen LogP contribution in [0.1, 0.15) is 0 Å². The molecule has 21 heavy (non-hydrogen) atoms. The quantitative estimate of drug-likeness (QED) is 0.691. The lowest BCUT2D eigenvalue weighted by Crippen LogP contribution is -2.53. The Morgan fingerprint density at radius 2 is 2.10 bits per heavy atom. The highest BCUT2D eigenvalue weighted by molar-refractivity contribution is 7.92. The Kier molecular flexibility index (Phi) is 3.73. The summed E-state index contributed by atoms with van der Waals surface area (Å²) in [7, 11) is -7.09. The second-order valence-electron chi connectivity index (χ2n) is 4.99. The van der Waals surface area contributed by atoms with Gasteiger partial charge >= 0.3 is 0 Å². The molecule has 0 amide bonds. The van der Waals surface area contributed by atoms with Crippen LogP contribution >= 0.6 is 11.6 Å². The van der Waals surface area contributed by atoms with Crippen LogP contribution in [0.2, 0.25) is 5.15 Å². The van der Waals surface area contributed by atoms with E-state index >= 15 is 0 Å². The fraction of sp³-hybridized carbons (Fsp3) is 0.545. The molecule has 116 valence electrons. The molecule has 2 aliphatic rings. The standard InChI is InChI=1S/C11H13ClN2O5S2/c12-11-2-1-8(5-13-11)21(17,18)14-3-4-19-10-7-20(15,16)6-9(10)14/h1-2,5,9-10H,3-4,6-7H2. The van der Waals surface area contributed by atoms with E-state index in [1.165, 1.54) is 22.6 Å². The minimum Gasteiger partial charge on any atom is -0.374 e. The summed E-state index contributed by atoms with van der Waals surface area (Å²) >= 11 is 5.66. The number of rotatable bonds is 2. The van der Waals surface area contributed by atoms with Crippen LogP contribution in [0.3, 0.4) is 0 Å². The zero-order valence-corrected chi connectivity index (χ0v) is 13.2. The van der Waals surface area contributed by atoms with E-state index in [1.807, 2.05) is 0 Å². The average Bonchev–Trinajstić information content (AvgIpc) is 2.72. The van der Waals surface area contributed by atoms with Crippen molar-refractivity contribution in [2.24, 2.45) is 0 Å². The number of halogens is 1. The maximum absolute atomic E-state index is 12.6. The molecule has 2 fully saturated rings. The molecule has 0 aromatic carbocycles. The Bertz CT molecular complexity index is 747. The molecule has 7 nitrogen and oxygen atoms in total. The molecule has 0 spiro atoms. The van der Waals surface area contributed by atoms with Crippen LogP contribution in [0.5, 0.6) is 0 Å². The first-order chi connectivity index (χ1) is 9.79. The molecule has 0 N–H and O–H groups in total. The van der Waals surface area contributed by atoms with Gasteiger partial charge in [0.05, 0.1) is 30.3 Å². The van der Waals surface area contributed by atoms with Gasteiger partial charge in [0.2, 0.25) is 10.0 Å². The van der Waals surface area contributed by atoms with Gasteiger partial charge in [0, 0.05) is 12.7 Å². The summed E-state index contributed by atoms with van der Waals surface area (Å²) in [5.74, 6) is -0.347. The molecule has 2 atom stereocenters. The lowest BCUT2D eigenvalue weighted by atomic mass is 10.2. The van der Waals surface area contributed by atoms with Crippen molar-refractivity contribution in [3.05, 3.63) is 23.5 Å². The number of pyridine rings is 1. The van der Waals surface area contributed by atoms with Gasteiger partial charge in [-0.1, -0.05) is 11.6 Å². The first kappa shape index (κ1) is 15.2. The molecule has 2 aliphatic heterocycles. The normalized spacial score (nSPS) is 29.2. The van der Waals surface area contributed by atoms with Gasteiger partial charge < -0.3 is 4.74 Å². The van der Waals surface area contributed by atoms with Crippen molar-refractivity contribution in [2.75, 3.05) is 24.7 Å². The van der Waals surface area contributed by atoms with Crippen molar-refractivity contribution in [3.8, 4) is 0 Å². The van der Waals surface area contributed by atoms with E-state index in [0.717, 1.165) is 0 Å². The summed E-state index contributed by atoms with van der Waals surface area (Å²) in [5, 5.41) is 0.192. The fourth-order valence-electron chi connectivity index (χ4n) is 2.63. The van der Waals surface area contributed by atoms with Crippen molar-refractivity contribution in [2.45, 2.75) is 17.0 Å². The third kappa shape index (κ3) is 2.80. The molecular formula is C11H13ClN2O5S2. The van der Waals surface area contributed by atoms with E-state index in [-0.39, 0.29) is 34.7 Å². The van der Waals surface area contributed by atoms with E-state index in [0.29, 0.717) is 0 Å². The lowest BCUT2D eigenvalue weighted by molar-refractivity contribution is -0.0141. The summed E-state index contributed by atoms with van der Waals surface area (Å²) < 4.78 is 55.3. The summed E-state index contributed by atoms with van der Waals surface area (Å²) in [6.07, 6.45) is 0.574. The first-order valence-electron chi connectivity index (χ1n) is 6.25. The Morgan fingerprint density at radius 3 is 2.76 bits per heavy atom. The predicted octanol–water partition coefficient (Wildman–Crippen LogP) is -0.0785. The molecule has 2 unspecified atom stereocenters. The van der Waals surface area contributed by atoms with Crippen molar-refractivity contribution >= 4 is 31.5 Å². The molecular weight excluding hydrogens is 340 g/mol. The number of sulfone groups is 1. The molecule has 10 heteroatoms. The van der Waals surface area contributed by atoms with Crippen LogP contribution in [-0.2, 0) is 24.6 Å². The third-order valence-electron chi connectivity index (χ3n) is 3.59. The maximum atomic E-state index is 12.6. The van der Waals surface area contributed by atoms with E-state index in [4.69, 9.17) is 16.3 Å². The topological polar surface area (TPSA) is 93.6 Å². The summed E-state index contributed by atoms with van der Waals surface area (Å²) in [5.41, 5.74) is 0. The Hall–Kier alpha value is -0.740. The van der Waals surface area contributed by atoms with Gasteiger partial charge in [-0.15, -0.1) is 0 Å². The SMILES string of the molecule is O=S1(=O)CC2OCCN(S(=O)(=O)c3ccc(Cl)nc3)C2C1. The van der Waals surface area contributed by atoms with Gasteiger partial charge in [0.1, 0.15) is 10.0 Å². The monoisotopic (exact) mass is 352 g/mol. The maximum Gasteiger partial charge on any atom is 0.245 e. The van der Waals surface area contributed by atoms with E-state index in [1.54, 1.807) is 0 Å². The molecule has 1 aromatic rings. The number of hydrogen-bond donors (Lipinski definition) is 0. The van der Waals surface area contributed by atoms with Gasteiger partial charge in [0.15, 0.2) is 9.84 Å². The number of nitrogens with zero attached hydrogens (tertiary/aromatic N) is 2. The Labute approximate surface area is 127 Å². The number of morpholine rings is 1. The van der Waals surface area contributed by atoms with E-state index in [9.17, 15) is 16.8 Å². The molecule has 1 aromatic heterocycles. The average molecular weight is 353 g/mol. The van der Waals surface area contributed by atoms with Crippen molar-refractivity contribution in [1.82, 2.24) is 9.29 Å². The predicted molar refractivity (Wildman–Crippen MR) is 75.3 cm³/mol. The highest BCUT2D eigenvalue weighted by Crippen LogP contribution is 2.29. The minimum atomic E-state index is -3.82. The summed E-state index contributed by atoms with van der Waals surface area (Å²) in [6.45, 7) is 0.304. The Morgan fingerprint density at radius 1 is 1.33 bits per heavy atom. The van der Waals surface area contributed by atoms with Gasteiger partial charge in [-0.25, -0.2) is 21.8 Å². The lowest BCUT2D eigenvalue weighted by Gasteiger charge is -2.35. The zero-order chi connectivity index (χ0) is 15.3. The van der Waals surface area contributed by atoms with Crippen LogP contribution in [0.25, 0.3) is 0 Å². The third-order valence-corrected chi connectivity index (χ3v) is 7.41. The number of aromatic nitrogens is 1. The number of fused-ring (bicyclic) bond motifs is 1. The molecule has 3 heterocycles. The smallest absolute Gasteiger partial charge is 0.245 e. The zero-order valence-electron chi connectivity index (χ0n) is 10.8. The molecule has 2 saturated heterocycles. The summed E-state index contributed by atoms with van der Waals surface area (Å²) in [6, 6.07) is 2.07. The Balaban J connectivity index is 1.96. The molecule has 0 bridgehead atoms. The molecule has 0 radical (unpaired) electrons. The second-order valence-corrected chi connectivity index (χ2v) is 9.42. The number of ether oxygens (including phenoxy) is 1. The molecule has 0 aliphatic carbocycles. The van der Waals surface area contributed by atoms with Crippen LogP contribution in [0, 0.1) is 0 Å². The number of sulfonamides is 1. The van der Waals surface area contributed by atoms with Crippen LogP contribution in [-0.4, -0.2) is 62.9 Å². The molecule has 3 rings (SSSR count). The van der Waals surface area contributed by atoms with Crippen molar-refractivity contribution in [1.29, 1.82) is 0 Å². The van der Waals surface area contributed by atoms with Gasteiger partial charge in [0.25, 0.3) is 0 Å². The highest BCUT2D eigenvalue weighted by Gasteiger charge is 2.48.